The van der Waals surface area contributed by atoms with Gasteiger partial charge >= 0.3 is 5.97 Å². The van der Waals surface area contributed by atoms with Gasteiger partial charge in [-0.3, -0.25) is 4.79 Å². The van der Waals surface area contributed by atoms with Gasteiger partial charge in [0, 0.05) is 12.5 Å². The van der Waals surface area contributed by atoms with Gasteiger partial charge < -0.3 is 15.2 Å². The molecule has 0 radical (unpaired) electrons. The smallest absolute Gasteiger partial charge is 0.320 e. The molecule has 1 aromatic rings. The van der Waals surface area contributed by atoms with Gasteiger partial charge in [0.1, 0.15) is 17.6 Å². The molecular formula is C14H20FNO3. The first-order chi connectivity index (χ1) is 8.90. The first-order valence-corrected chi connectivity index (χ1v) is 6.28. The monoisotopic (exact) mass is 269 g/mol. The molecule has 0 saturated carbocycles. The van der Waals surface area contributed by atoms with Crippen LogP contribution >= 0.6 is 0 Å². The SMILES string of the molecule is Cc1cc(OCCC(NC(C)C)C(=O)O)ccc1F. The molecule has 1 unspecified atom stereocenters. The minimum Gasteiger partial charge on any atom is -0.494 e. The van der Waals surface area contributed by atoms with Gasteiger partial charge in [0.2, 0.25) is 0 Å². The number of halogens is 1. The van der Waals surface area contributed by atoms with Crippen LogP contribution in [-0.4, -0.2) is 29.8 Å². The van der Waals surface area contributed by atoms with Gasteiger partial charge in [-0.25, -0.2) is 4.39 Å². The van der Waals surface area contributed by atoms with Gasteiger partial charge in [-0.05, 0) is 30.7 Å². The lowest BCUT2D eigenvalue weighted by Crippen LogP contribution is -2.41. The predicted molar refractivity (Wildman–Crippen MR) is 70.9 cm³/mol. The molecule has 0 aliphatic carbocycles. The number of aryl methyl sites for hydroxylation is 1. The van der Waals surface area contributed by atoms with Gasteiger partial charge in [-0.15, -0.1) is 0 Å². The number of aliphatic carboxylic acids is 1. The van der Waals surface area contributed by atoms with E-state index in [0.29, 0.717) is 17.7 Å². The summed E-state index contributed by atoms with van der Waals surface area (Å²) in [5.74, 6) is -0.627. The summed E-state index contributed by atoms with van der Waals surface area (Å²) in [4.78, 5) is 11.0. The number of carbonyl (C=O) groups is 1. The molecule has 5 heteroatoms. The number of carboxylic acid groups (broad SMARTS) is 1. The minimum absolute atomic E-state index is 0.0918. The Balaban J connectivity index is 2.47. The number of rotatable bonds is 7. The summed E-state index contributed by atoms with van der Waals surface area (Å²) in [7, 11) is 0. The maximum absolute atomic E-state index is 13.1. The third-order valence-corrected chi connectivity index (χ3v) is 2.64. The molecule has 4 nitrogen and oxygen atoms in total. The third-order valence-electron chi connectivity index (χ3n) is 2.64. The molecule has 1 aromatic carbocycles. The van der Waals surface area contributed by atoms with E-state index >= 15 is 0 Å². The van der Waals surface area contributed by atoms with Crippen molar-refractivity contribution in [3.8, 4) is 5.75 Å². The Morgan fingerprint density at radius 2 is 2.16 bits per heavy atom. The van der Waals surface area contributed by atoms with Gasteiger partial charge in [0.05, 0.1) is 6.61 Å². The van der Waals surface area contributed by atoms with Crippen LogP contribution in [0.2, 0.25) is 0 Å². The molecule has 0 fully saturated rings. The average molecular weight is 269 g/mol. The van der Waals surface area contributed by atoms with Crippen molar-refractivity contribution < 1.29 is 19.0 Å². The summed E-state index contributed by atoms with van der Waals surface area (Å²) >= 11 is 0. The van der Waals surface area contributed by atoms with Gasteiger partial charge in [0.25, 0.3) is 0 Å². The lowest BCUT2D eigenvalue weighted by atomic mass is 10.2. The summed E-state index contributed by atoms with van der Waals surface area (Å²) in [6.45, 7) is 5.70. The molecule has 106 valence electrons. The molecule has 0 heterocycles. The Bertz CT molecular complexity index is 435. The predicted octanol–water partition coefficient (Wildman–Crippen LogP) is 2.35. The van der Waals surface area contributed by atoms with E-state index in [2.05, 4.69) is 5.32 Å². The maximum atomic E-state index is 13.1. The minimum atomic E-state index is -0.896. The Morgan fingerprint density at radius 1 is 1.47 bits per heavy atom. The van der Waals surface area contributed by atoms with Gasteiger partial charge in [-0.1, -0.05) is 13.8 Å². The second kappa shape index (κ2) is 7.09. The number of hydrogen-bond donors (Lipinski definition) is 2. The molecule has 0 aliphatic heterocycles. The van der Waals surface area contributed by atoms with Crippen LogP contribution in [0.3, 0.4) is 0 Å². The van der Waals surface area contributed by atoms with E-state index in [4.69, 9.17) is 9.84 Å². The number of benzene rings is 1. The standard InChI is InChI=1S/C14H20FNO3/c1-9(2)16-13(14(17)18)6-7-19-11-4-5-12(15)10(3)8-11/h4-5,8-9,13,16H,6-7H2,1-3H3,(H,17,18). The molecule has 1 rings (SSSR count). The highest BCUT2D eigenvalue weighted by Gasteiger charge is 2.17. The molecule has 0 bridgehead atoms. The topological polar surface area (TPSA) is 58.6 Å². The van der Waals surface area contributed by atoms with Crippen molar-refractivity contribution >= 4 is 5.97 Å². The van der Waals surface area contributed by atoms with E-state index in [0.717, 1.165) is 0 Å². The second-order valence-corrected chi connectivity index (χ2v) is 4.76. The molecule has 2 N–H and O–H groups in total. The fourth-order valence-electron chi connectivity index (χ4n) is 1.68. The van der Waals surface area contributed by atoms with Crippen molar-refractivity contribution in [2.45, 2.75) is 39.3 Å². The third kappa shape index (κ3) is 5.26. The molecular weight excluding hydrogens is 249 g/mol. The highest BCUT2D eigenvalue weighted by atomic mass is 19.1. The molecule has 0 saturated heterocycles. The van der Waals surface area contributed by atoms with E-state index < -0.39 is 12.0 Å². The van der Waals surface area contributed by atoms with Crippen LogP contribution in [0.4, 0.5) is 4.39 Å². The Labute approximate surface area is 112 Å². The Morgan fingerprint density at radius 3 is 2.68 bits per heavy atom. The zero-order valence-electron chi connectivity index (χ0n) is 11.4. The van der Waals surface area contributed by atoms with Crippen LogP contribution in [0.5, 0.6) is 5.75 Å². The Hall–Kier alpha value is -1.62. The zero-order chi connectivity index (χ0) is 14.4. The first kappa shape index (κ1) is 15.4. The van der Waals surface area contributed by atoms with Gasteiger partial charge in [-0.2, -0.15) is 0 Å². The van der Waals surface area contributed by atoms with Crippen LogP contribution in [0, 0.1) is 12.7 Å². The highest BCUT2D eigenvalue weighted by Crippen LogP contribution is 2.16. The fourth-order valence-corrected chi connectivity index (χ4v) is 1.68. The van der Waals surface area contributed by atoms with Crippen LogP contribution in [0.1, 0.15) is 25.8 Å². The fraction of sp³-hybridized carbons (Fsp3) is 0.500. The van der Waals surface area contributed by atoms with E-state index in [1.165, 1.54) is 12.1 Å². The molecule has 1 atom stereocenters. The van der Waals surface area contributed by atoms with E-state index in [1.54, 1.807) is 13.0 Å². The summed E-state index contributed by atoms with van der Waals surface area (Å²) < 4.78 is 18.5. The van der Waals surface area contributed by atoms with Crippen molar-refractivity contribution in [2.75, 3.05) is 6.61 Å². The number of nitrogens with one attached hydrogen (secondary N) is 1. The lowest BCUT2D eigenvalue weighted by Gasteiger charge is -2.17. The highest BCUT2D eigenvalue weighted by molar-refractivity contribution is 5.73. The summed E-state index contributed by atoms with van der Waals surface area (Å²) in [6.07, 6.45) is 0.351. The van der Waals surface area contributed by atoms with E-state index in [1.807, 2.05) is 13.8 Å². The molecule has 0 aliphatic rings. The molecule has 0 spiro atoms. The largest absolute Gasteiger partial charge is 0.494 e. The van der Waals surface area contributed by atoms with Crippen molar-refractivity contribution in [3.05, 3.63) is 29.6 Å². The summed E-state index contributed by atoms with van der Waals surface area (Å²) in [6, 6.07) is 3.93. The number of hydrogen-bond acceptors (Lipinski definition) is 3. The normalized spacial score (nSPS) is 12.5. The van der Waals surface area contributed by atoms with E-state index in [9.17, 15) is 9.18 Å². The number of ether oxygens (including phenoxy) is 1. The summed E-state index contributed by atoms with van der Waals surface area (Å²) in [5, 5.41) is 12.0. The molecule has 19 heavy (non-hydrogen) atoms. The maximum Gasteiger partial charge on any atom is 0.320 e. The van der Waals surface area contributed by atoms with Crippen LogP contribution in [0.25, 0.3) is 0 Å². The van der Waals surface area contributed by atoms with Crippen LogP contribution < -0.4 is 10.1 Å². The first-order valence-electron chi connectivity index (χ1n) is 6.28. The van der Waals surface area contributed by atoms with E-state index in [-0.39, 0.29) is 18.5 Å². The Kier molecular flexibility index (Phi) is 5.76. The lowest BCUT2D eigenvalue weighted by molar-refractivity contribution is -0.140. The number of carboxylic acids is 1. The molecule has 0 amide bonds. The van der Waals surface area contributed by atoms with Gasteiger partial charge in [0.15, 0.2) is 0 Å². The van der Waals surface area contributed by atoms with Crippen molar-refractivity contribution in [2.24, 2.45) is 0 Å². The van der Waals surface area contributed by atoms with Crippen molar-refractivity contribution in [1.29, 1.82) is 0 Å². The zero-order valence-corrected chi connectivity index (χ0v) is 11.4. The van der Waals surface area contributed by atoms with Crippen molar-refractivity contribution in [3.63, 3.8) is 0 Å². The van der Waals surface area contributed by atoms with Crippen LogP contribution in [0.15, 0.2) is 18.2 Å². The quantitative estimate of drug-likeness (QED) is 0.797. The van der Waals surface area contributed by atoms with Crippen molar-refractivity contribution in [1.82, 2.24) is 5.32 Å². The summed E-state index contributed by atoms with van der Waals surface area (Å²) in [5.41, 5.74) is 0.507. The second-order valence-electron chi connectivity index (χ2n) is 4.76. The average Bonchev–Trinajstić information content (AvgIpc) is 2.31. The van der Waals surface area contributed by atoms with Crippen LogP contribution in [-0.2, 0) is 4.79 Å². The molecule has 0 aromatic heterocycles.